The highest BCUT2D eigenvalue weighted by Gasteiger charge is 2.37. The zero-order valence-electron chi connectivity index (χ0n) is 10.7. The molecule has 0 aliphatic carbocycles. The van der Waals surface area contributed by atoms with Crippen LogP contribution in [0.4, 0.5) is 0 Å². The molecule has 2 rings (SSSR count). The van der Waals surface area contributed by atoms with Crippen LogP contribution in [0.3, 0.4) is 0 Å². The minimum atomic E-state index is -0.0791. The number of nitrogens with two attached hydrogens (primary N) is 1. The Bertz CT molecular complexity index is 442. The first-order chi connectivity index (χ1) is 8.04. The number of likely N-dealkylation sites (tertiary alicyclic amines) is 1. The number of carbonyl (C=O) groups is 1. The Kier molecular flexibility index (Phi) is 3.20. The topological polar surface area (TPSA) is 46.3 Å². The molecule has 0 spiro atoms. The van der Waals surface area contributed by atoms with E-state index in [-0.39, 0.29) is 18.0 Å². The second kappa shape index (κ2) is 4.49. The number of hydrogen-bond acceptors (Lipinski definition) is 2. The molecule has 1 aliphatic heterocycles. The minimum Gasteiger partial charge on any atom is -0.334 e. The zero-order chi connectivity index (χ0) is 12.6. The van der Waals surface area contributed by atoms with Crippen molar-refractivity contribution in [1.82, 2.24) is 4.90 Å². The molecule has 1 aromatic carbocycles. The van der Waals surface area contributed by atoms with Crippen molar-refractivity contribution in [2.45, 2.75) is 39.3 Å². The van der Waals surface area contributed by atoms with Gasteiger partial charge >= 0.3 is 0 Å². The van der Waals surface area contributed by atoms with E-state index in [0.29, 0.717) is 6.42 Å². The van der Waals surface area contributed by atoms with Gasteiger partial charge in [0.05, 0.1) is 6.04 Å². The first kappa shape index (κ1) is 12.1. The van der Waals surface area contributed by atoms with Gasteiger partial charge in [0, 0.05) is 19.0 Å². The summed E-state index contributed by atoms with van der Waals surface area (Å²) in [5.74, 6) is 0.170. The smallest absolute Gasteiger partial charge is 0.224 e. The average Bonchev–Trinajstić information content (AvgIpc) is 2.57. The van der Waals surface area contributed by atoms with Crippen molar-refractivity contribution < 1.29 is 4.79 Å². The van der Waals surface area contributed by atoms with Crippen molar-refractivity contribution in [2.24, 2.45) is 5.73 Å². The van der Waals surface area contributed by atoms with Crippen LogP contribution in [0.2, 0.25) is 0 Å². The number of nitrogens with zero attached hydrogens (tertiary/aromatic N) is 1. The van der Waals surface area contributed by atoms with Crippen LogP contribution < -0.4 is 5.73 Å². The quantitative estimate of drug-likeness (QED) is 0.846. The van der Waals surface area contributed by atoms with Crippen molar-refractivity contribution >= 4 is 5.91 Å². The zero-order valence-corrected chi connectivity index (χ0v) is 10.7. The Morgan fingerprint density at radius 3 is 2.65 bits per heavy atom. The molecule has 1 amide bonds. The summed E-state index contributed by atoms with van der Waals surface area (Å²) in [4.78, 5) is 13.7. The Labute approximate surface area is 103 Å². The summed E-state index contributed by atoms with van der Waals surface area (Å²) in [6.07, 6.45) is 0.464. The van der Waals surface area contributed by atoms with Gasteiger partial charge in [0.15, 0.2) is 0 Å². The maximum absolute atomic E-state index is 11.8. The van der Waals surface area contributed by atoms with E-state index in [9.17, 15) is 4.79 Å². The second-order valence-corrected chi connectivity index (χ2v) is 4.84. The van der Waals surface area contributed by atoms with E-state index in [0.717, 1.165) is 12.1 Å². The van der Waals surface area contributed by atoms with Crippen molar-refractivity contribution in [2.75, 3.05) is 6.54 Å². The Morgan fingerprint density at radius 2 is 2.06 bits per heavy atom. The van der Waals surface area contributed by atoms with Gasteiger partial charge < -0.3 is 10.6 Å². The van der Waals surface area contributed by atoms with E-state index in [2.05, 4.69) is 32.0 Å². The molecule has 1 aliphatic rings. The van der Waals surface area contributed by atoms with E-state index in [1.807, 2.05) is 11.8 Å². The molecular weight excluding hydrogens is 212 g/mol. The number of hydrogen-bond donors (Lipinski definition) is 1. The van der Waals surface area contributed by atoms with Gasteiger partial charge in [-0.3, -0.25) is 4.79 Å². The lowest BCUT2D eigenvalue weighted by molar-refractivity contribution is -0.128. The van der Waals surface area contributed by atoms with Gasteiger partial charge in [0.1, 0.15) is 0 Å². The monoisotopic (exact) mass is 232 g/mol. The van der Waals surface area contributed by atoms with Crippen LogP contribution >= 0.6 is 0 Å². The molecule has 17 heavy (non-hydrogen) atoms. The molecular formula is C14H20N2O. The average molecular weight is 232 g/mol. The number of likely N-dealkylation sites (N-methyl/N-ethyl adjacent to an activating group) is 1. The van der Waals surface area contributed by atoms with Crippen molar-refractivity contribution in [1.29, 1.82) is 0 Å². The highest BCUT2D eigenvalue weighted by atomic mass is 16.2. The molecule has 2 N–H and O–H groups in total. The van der Waals surface area contributed by atoms with Gasteiger partial charge in [-0.1, -0.05) is 18.2 Å². The van der Waals surface area contributed by atoms with Crippen LogP contribution in [0.25, 0.3) is 0 Å². The summed E-state index contributed by atoms with van der Waals surface area (Å²) >= 11 is 0. The highest BCUT2D eigenvalue weighted by molar-refractivity contribution is 5.80. The van der Waals surface area contributed by atoms with Crippen molar-refractivity contribution in [3.05, 3.63) is 34.9 Å². The molecule has 1 fully saturated rings. The second-order valence-electron chi connectivity index (χ2n) is 4.84. The normalized spacial score (nSPS) is 24.5. The summed E-state index contributed by atoms with van der Waals surface area (Å²) in [6.45, 7) is 6.92. The van der Waals surface area contributed by atoms with E-state index >= 15 is 0 Å². The summed E-state index contributed by atoms with van der Waals surface area (Å²) in [6, 6.07) is 6.32. The highest BCUT2D eigenvalue weighted by Crippen LogP contribution is 2.32. The summed E-state index contributed by atoms with van der Waals surface area (Å²) in [5, 5.41) is 0. The largest absolute Gasteiger partial charge is 0.334 e. The molecule has 3 heteroatoms. The van der Waals surface area contributed by atoms with Crippen LogP contribution in [0.15, 0.2) is 18.2 Å². The maximum Gasteiger partial charge on any atom is 0.224 e. The molecule has 0 aromatic heterocycles. The molecule has 0 unspecified atom stereocenters. The van der Waals surface area contributed by atoms with Crippen molar-refractivity contribution in [3.63, 3.8) is 0 Å². The van der Waals surface area contributed by atoms with Gasteiger partial charge in [-0.15, -0.1) is 0 Å². The van der Waals surface area contributed by atoms with E-state index in [1.165, 1.54) is 11.1 Å². The Hall–Kier alpha value is -1.35. The SMILES string of the molecule is CCN1C(=O)C[C@H](N)[C@H]1c1ccc(C)c(C)c1. The number of aryl methyl sites for hydroxylation is 2. The number of rotatable bonds is 2. The first-order valence-electron chi connectivity index (χ1n) is 6.16. The van der Waals surface area contributed by atoms with Gasteiger partial charge in [0.25, 0.3) is 0 Å². The summed E-state index contributed by atoms with van der Waals surface area (Å²) < 4.78 is 0. The predicted octanol–water partition coefficient (Wildman–Crippen LogP) is 1.92. The fourth-order valence-electron chi connectivity index (χ4n) is 2.57. The molecule has 0 bridgehead atoms. The van der Waals surface area contributed by atoms with Gasteiger partial charge in [-0.2, -0.15) is 0 Å². The maximum atomic E-state index is 11.8. The van der Waals surface area contributed by atoms with Gasteiger partial charge in [0.2, 0.25) is 5.91 Å². The predicted molar refractivity (Wildman–Crippen MR) is 68.6 cm³/mol. The van der Waals surface area contributed by atoms with Gasteiger partial charge in [-0.25, -0.2) is 0 Å². The van der Waals surface area contributed by atoms with Crippen LogP contribution in [-0.2, 0) is 4.79 Å². The van der Waals surface area contributed by atoms with Gasteiger partial charge in [-0.05, 0) is 37.5 Å². The first-order valence-corrected chi connectivity index (χ1v) is 6.16. The lowest BCUT2D eigenvalue weighted by atomic mass is 9.97. The number of amides is 1. The summed E-state index contributed by atoms with van der Waals surface area (Å²) in [5.41, 5.74) is 9.78. The van der Waals surface area contributed by atoms with Crippen LogP contribution in [0.1, 0.15) is 36.1 Å². The van der Waals surface area contributed by atoms with E-state index in [4.69, 9.17) is 5.73 Å². The van der Waals surface area contributed by atoms with Crippen LogP contribution in [0.5, 0.6) is 0 Å². The Morgan fingerprint density at radius 1 is 1.35 bits per heavy atom. The third-order valence-electron chi connectivity index (χ3n) is 3.69. The third-order valence-corrected chi connectivity index (χ3v) is 3.69. The molecule has 0 saturated carbocycles. The van der Waals surface area contributed by atoms with E-state index < -0.39 is 0 Å². The van der Waals surface area contributed by atoms with Crippen LogP contribution in [-0.4, -0.2) is 23.4 Å². The van der Waals surface area contributed by atoms with E-state index in [1.54, 1.807) is 0 Å². The lowest BCUT2D eigenvalue weighted by Gasteiger charge is -2.26. The molecule has 1 aromatic rings. The van der Waals surface area contributed by atoms with Crippen LogP contribution in [0, 0.1) is 13.8 Å². The molecule has 2 atom stereocenters. The standard InChI is InChI=1S/C14H20N2O/c1-4-16-13(17)8-12(15)14(16)11-6-5-9(2)10(3)7-11/h5-7,12,14H,4,8,15H2,1-3H3/t12-,14+/m0/s1. The fourth-order valence-corrected chi connectivity index (χ4v) is 2.57. The minimum absolute atomic E-state index is 0.0480. The fraction of sp³-hybridized carbons (Fsp3) is 0.500. The molecule has 1 heterocycles. The Balaban J connectivity index is 2.37. The molecule has 92 valence electrons. The molecule has 0 radical (unpaired) electrons. The number of carbonyl (C=O) groups excluding carboxylic acids is 1. The molecule has 3 nitrogen and oxygen atoms in total. The molecule has 1 saturated heterocycles. The lowest BCUT2D eigenvalue weighted by Crippen LogP contribution is -2.32. The summed E-state index contributed by atoms with van der Waals surface area (Å²) in [7, 11) is 0. The van der Waals surface area contributed by atoms with Crippen molar-refractivity contribution in [3.8, 4) is 0 Å². The third kappa shape index (κ3) is 2.07. The number of benzene rings is 1.